The average Bonchev–Trinajstić information content (AvgIpc) is 3.27. The molecule has 0 bridgehead atoms. The largest absolute Gasteiger partial charge is 0.365 e. The highest BCUT2D eigenvalue weighted by atomic mass is 17.2. The molecule has 25 heavy (non-hydrogen) atoms. The fourth-order valence-electron chi connectivity index (χ4n) is 6.99. The van der Waals surface area contributed by atoms with Gasteiger partial charge in [-0.1, -0.05) is 13.3 Å². The summed E-state index contributed by atoms with van der Waals surface area (Å²) in [6.45, 7) is 5.61. The van der Waals surface area contributed by atoms with E-state index in [0.29, 0.717) is 36.9 Å². The first kappa shape index (κ1) is 16.5. The summed E-state index contributed by atoms with van der Waals surface area (Å²) >= 11 is 0. The fourth-order valence-corrected chi connectivity index (χ4v) is 6.99. The minimum Gasteiger partial charge on any atom is -0.365 e. The van der Waals surface area contributed by atoms with Gasteiger partial charge in [0.05, 0.1) is 19.3 Å². The van der Waals surface area contributed by atoms with Gasteiger partial charge in [-0.15, -0.1) is 0 Å². The SMILES string of the molecule is CCOOC[C@@]12CCC[C@H]1[C@@H]1C(=O)C=C3[C@@H]4O[C@@H]4CC[C@]3(C)[C@H]1CC2. The quantitative estimate of drug-likeness (QED) is 0.336. The molecule has 0 aromatic rings. The molecule has 0 spiro atoms. The molecule has 4 nitrogen and oxygen atoms in total. The standard InChI is InChI=1S/C21H30O4/c1-3-23-24-12-21-8-4-5-14(21)18-13(6-10-21)20(2)9-7-17-19(25-17)15(20)11-16(18)22/h11,13-14,17-19H,3-10,12H2,1-2H3/t13-,14-,17+,18+,19-,20+,21-/m0/s1. The van der Waals surface area contributed by atoms with Crippen molar-refractivity contribution in [1.29, 1.82) is 0 Å². The summed E-state index contributed by atoms with van der Waals surface area (Å²) in [6.07, 6.45) is 10.9. The van der Waals surface area contributed by atoms with Crippen LogP contribution < -0.4 is 0 Å². The highest BCUT2D eigenvalue weighted by molar-refractivity contribution is 5.95. The summed E-state index contributed by atoms with van der Waals surface area (Å²) in [5.74, 6) is 1.52. The van der Waals surface area contributed by atoms with E-state index in [1.165, 1.54) is 44.1 Å². The van der Waals surface area contributed by atoms with Crippen molar-refractivity contribution in [2.75, 3.05) is 13.2 Å². The Balaban J connectivity index is 1.47. The van der Waals surface area contributed by atoms with Crippen LogP contribution >= 0.6 is 0 Å². The Morgan fingerprint density at radius 2 is 2.04 bits per heavy atom. The summed E-state index contributed by atoms with van der Waals surface area (Å²) in [5.41, 5.74) is 1.65. The van der Waals surface area contributed by atoms with Crippen molar-refractivity contribution in [1.82, 2.24) is 0 Å². The molecule has 3 saturated carbocycles. The maximum atomic E-state index is 13.2. The molecule has 0 amide bonds. The van der Waals surface area contributed by atoms with Crippen molar-refractivity contribution in [3.63, 3.8) is 0 Å². The summed E-state index contributed by atoms with van der Waals surface area (Å²) in [4.78, 5) is 24.0. The van der Waals surface area contributed by atoms with Gasteiger partial charge < -0.3 is 4.74 Å². The lowest BCUT2D eigenvalue weighted by Gasteiger charge is -2.55. The van der Waals surface area contributed by atoms with Gasteiger partial charge in [-0.3, -0.25) is 4.79 Å². The van der Waals surface area contributed by atoms with Gasteiger partial charge in [-0.05, 0) is 74.3 Å². The molecule has 1 saturated heterocycles. The number of epoxide rings is 1. The van der Waals surface area contributed by atoms with Crippen LogP contribution in [0.5, 0.6) is 0 Å². The molecule has 4 aliphatic carbocycles. The van der Waals surface area contributed by atoms with Gasteiger partial charge in [-0.25, -0.2) is 9.78 Å². The molecule has 4 fully saturated rings. The van der Waals surface area contributed by atoms with Crippen molar-refractivity contribution in [2.45, 2.75) is 71.0 Å². The van der Waals surface area contributed by atoms with Crippen LogP contribution in [0, 0.1) is 28.6 Å². The Labute approximate surface area is 150 Å². The molecule has 1 aliphatic heterocycles. The zero-order valence-electron chi connectivity index (χ0n) is 15.5. The number of hydrogen-bond acceptors (Lipinski definition) is 4. The van der Waals surface area contributed by atoms with Gasteiger partial charge in [0.15, 0.2) is 5.78 Å². The second-order valence-corrected chi connectivity index (χ2v) is 9.25. The minimum atomic E-state index is 0.154. The predicted octanol–water partition coefficient (Wildman–Crippen LogP) is 3.84. The van der Waals surface area contributed by atoms with E-state index in [2.05, 4.69) is 6.92 Å². The molecule has 5 rings (SSSR count). The Kier molecular flexibility index (Phi) is 3.71. The van der Waals surface area contributed by atoms with Crippen molar-refractivity contribution >= 4 is 5.78 Å². The number of rotatable bonds is 4. The van der Waals surface area contributed by atoms with E-state index in [9.17, 15) is 4.79 Å². The molecular formula is C21H30O4. The highest BCUT2D eigenvalue weighted by Crippen LogP contribution is 2.66. The summed E-state index contributed by atoms with van der Waals surface area (Å²) < 4.78 is 5.86. The molecule has 0 unspecified atom stereocenters. The lowest BCUT2D eigenvalue weighted by atomic mass is 9.48. The van der Waals surface area contributed by atoms with Crippen LogP contribution in [-0.4, -0.2) is 31.2 Å². The average molecular weight is 346 g/mol. The Morgan fingerprint density at radius 3 is 2.88 bits per heavy atom. The van der Waals surface area contributed by atoms with Crippen molar-refractivity contribution in [2.24, 2.45) is 28.6 Å². The fraction of sp³-hybridized carbons (Fsp3) is 0.857. The number of allylic oxidation sites excluding steroid dienone is 1. The summed E-state index contributed by atoms with van der Waals surface area (Å²) in [6, 6.07) is 0. The predicted molar refractivity (Wildman–Crippen MR) is 92.7 cm³/mol. The maximum Gasteiger partial charge on any atom is 0.159 e. The first-order chi connectivity index (χ1) is 12.1. The molecule has 0 N–H and O–H groups in total. The van der Waals surface area contributed by atoms with Gasteiger partial charge in [0.2, 0.25) is 0 Å². The van der Waals surface area contributed by atoms with Crippen molar-refractivity contribution in [3.05, 3.63) is 11.6 Å². The highest BCUT2D eigenvalue weighted by Gasteiger charge is 2.63. The van der Waals surface area contributed by atoms with Crippen LogP contribution in [0.2, 0.25) is 0 Å². The van der Waals surface area contributed by atoms with Crippen molar-refractivity contribution < 1.29 is 19.3 Å². The second kappa shape index (κ2) is 5.64. The molecule has 138 valence electrons. The zero-order valence-corrected chi connectivity index (χ0v) is 15.5. The lowest BCUT2D eigenvalue weighted by molar-refractivity contribution is -0.313. The number of ether oxygens (including phenoxy) is 1. The normalized spacial score (nSPS) is 50.4. The molecule has 0 radical (unpaired) electrons. The first-order valence-corrected chi connectivity index (χ1v) is 10.2. The van der Waals surface area contributed by atoms with Crippen LogP contribution in [0.3, 0.4) is 0 Å². The van der Waals surface area contributed by atoms with Gasteiger partial charge in [0.1, 0.15) is 6.10 Å². The van der Waals surface area contributed by atoms with Gasteiger partial charge >= 0.3 is 0 Å². The molecular weight excluding hydrogens is 316 g/mol. The van der Waals surface area contributed by atoms with Gasteiger partial charge in [0.25, 0.3) is 0 Å². The molecule has 0 aromatic carbocycles. The summed E-state index contributed by atoms with van der Waals surface area (Å²) in [7, 11) is 0. The van der Waals surface area contributed by atoms with E-state index >= 15 is 0 Å². The van der Waals surface area contributed by atoms with Crippen LogP contribution in [-0.2, 0) is 19.3 Å². The second-order valence-electron chi connectivity index (χ2n) is 9.25. The van der Waals surface area contributed by atoms with E-state index in [1.54, 1.807) is 0 Å². The van der Waals surface area contributed by atoms with Crippen LogP contribution in [0.1, 0.15) is 58.8 Å². The van der Waals surface area contributed by atoms with Crippen LogP contribution in [0.4, 0.5) is 0 Å². The first-order valence-electron chi connectivity index (χ1n) is 10.2. The van der Waals surface area contributed by atoms with Crippen LogP contribution in [0.15, 0.2) is 11.6 Å². The minimum absolute atomic E-state index is 0.154. The molecule has 4 heteroatoms. The van der Waals surface area contributed by atoms with E-state index < -0.39 is 0 Å². The molecule has 7 atom stereocenters. The number of ketones is 1. The number of hydrogen-bond donors (Lipinski definition) is 0. The van der Waals surface area contributed by atoms with E-state index in [0.717, 1.165) is 6.42 Å². The number of carbonyl (C=O) groups is 1. The third kappa shape index (κ3) is 2.26. The Hall–Kier alpha value is -0.710. The van der Waals surface area contributed by atoms with E-state index in [-0.39, 0.29) is 22.9 Å². The third-order valence-corrected chi connectivity index (χ3v) is 8.29. The Bertz CT molecular complexity index is 613. The van der Waals surface area contributed by atoms with Crippen molar-refractivity contribution in [3.8, 4) is 0 Å². The zero-order chi connectivity index (χ0) is 17.2. The van der Waals surface area contributed by atoms with E-state index in [4.69, 9.17) is 14.5 Å². The third-order valence-electron chi connectivity index (χ3n) is 8.29. The number of fused-ring (bicyclic) bond motifs is 7. The monoisotopic (exact) mass is 346 g/mol. The maximum absolute atomic E-state index is 13.2. The van der Waals surface area contributed by atoms with Crippen LogP contribution in [0.25, 0.3) is 0 Å². The lowest BCUT2D eigenvalue weighted by Crippen LogP contribution is -2.54. The topological polar surface area (TPSA) is 48.1 Å². The Morgan fingerprint density at radius 1 is 1.16 bits per heavy atom. The van der Waals surface area contributed by atoms with Gasteiger partial charge in [0, 0.05) is 11.3 Å². The van der Waals surface area contributed by atoms with E-state index in [1.807, 2.05) is 13.0 Å². The summed E-state index contributed by atoms with van der Waals surface area (Å²) in [5, 5.41) is 0. The van der Waals surface area contributed by atoms with Gasteiger partial charge in [-0.2, -0.15) is 0 Å². The smallest absolute Gasteiger partial charge is 0.159 e. The molecule has 0 aromatic heterocycles. The number of carbonyl (C=O) groups excluding carboxylic acids is 1. The molecule has 1 heterocycles. The molecule has 5 aliphatic rings.